The van der Waals surface area contributed by atoms with Crippen molar-refractivity contribution in [2.24, 2.45) is 0 Å². The largest absolute Gasteiger partial charge is 0.352 e. The molecule has 3 rings (SSSR count). The van der Waals surface area contributed by atoms with E-state index in [1.54, 1.807) is 24.3 Å². The highest BCUT2D eigenvalue weighted by Gasteiger charge is 2.25. The van der Waals surface area contributed by atoms with E-state index in [4.69, 9.17) is 0 Å². The van der Waals surface area contributed by atoms with Crippen molar-refractivity contribution < 1.29 is 22.4 Å². The Morgan fingerprint density at radius 3 is 2.04 bits per heavy atom. The maximum atomic E-state index is 14.3. The predicted molar refractivity (Wildman–Crippen MR) is 101 cm³/mol. The Bertz CT molecular complexity index is 913. The van der Waals surface area contributed by atoms with Gasteiger partial charge in [-0.3, -0.25) is 4.79 Å². The molecule has 6 heteroatoms. The molecule has 0 unspecified atom stereocenters. The van der Waals surface area contributed by atoms with Crippen molar-refractivity contribution in [2.75, 3.05) is 5.32 Å². The Kier molecular flexibility index (Phi) is 5.87. The van der Waals surface area contributed by atoms with Crippen LogP contribution < -0.4 is 5.32 Å². The lowest BCUT2D eigenvalue weighted by molar-refractivity contribution is 0.0981. The molecule has 0 bridgehead atoms. The van der Waals surface area contributed by atoms with Crippen molar-refractivity contribution in [1.29, 1.82) is 0 Å². The second kappa shape index (κ2) is 8.17. The SMILES string of the molecule is CCCC(=O)c1ccc(C(Nc2c(C)c(F)c(F)c(F)c2F)=C2CCC2)cc1. The Morgan fingerprint density at radius 2 is 1.50 bits per heavy atom. The van der Waals surface area contributed by atoms with Crippen molar-refractivity contribution in [1.82, 2.24) is 0 Å². The van der Waals surface area contributed by atoms with Crippen molar-refractivity contribution in [2.45, 2.75) is 46.0 Å². The molecule has 2 nitrogen and oxygen atoms in total. The molecule has 0 atom stereocenters. The molecule has 148 valence electrons. The molecule has 1 aliphatic rings. The van der Waals surface area contributed by atoms with E-state index < -0.39 is 29.0 Å². The summed E-state index contributed by atoms with van der Waals surface area (Å²) in [4.78, 5) is 12.0. The number of ketones is 1. The maximum absolute atomic E-state index is 14.3. The molecule has 1 fully saturated rings. The molecule has 1 saturated carbocycles. The van der Waals surface area contributed by atoms with Gasteiger partial charge >= 0.3 is 0 Å². The number of benzene rings is 2. The van der Waals surface area contributed by atoms with Crippen LogP contribution in [0, 0.1) is 30.2 Å². The van der Waals surface area contributed by atoms with E-state index >= 15 is 0 Å². The lowest BCUT2D eigenvalue weighted by atomic mass is 9.88. The number of allylic oxidation sites excluding steroid dienone is 1. The second-order valence-corrected chi connectivity index (χ2v) is 6.96. The molecule has 2 aromatic carbocycles. The first-order valence-electron chi connectivity index (χ1n) is 9.30. The van der Waals surface area contributed by atoms with Gasteiger partial charge in [0.2, 0.25) is 0 Å². The molecular weight excluding hydrogens is 370 g/mol. The standard InChI is InChI=1S/C22H21F4NO/c1-3-5-16(28)13-8-10-15(11-9-13)22(14-6-4-7-14)27-21-12(2)17(23)18(24)19(25)20(21)26/h8-11,27H,3-7H2,1-2H3. The summed E-state index contributed by atoms with van der Waals surface area (Å²) in [5, 5.41) is 2.79. The number of hydrogen-bond acceptors (Lipinski definition) is 2. The molecule has 2 aromatic rings. The molecular formula is C22H21F4NO. The van der Waals surface area contributed by atoms with E-state index in [1.807, 2.05) is 6.92 Å². The number of rotatable bonds is 6. The van der Waals surface area contributed by atoms with Crippen LogP contribution in [-0.4, -0.2) is 5.78 Å². The minimum atomic E-state index is -1.84. The lowest BCUT2D eigenvalue weighted by Gasteiger charge is -2.25. The van der Waals surface area contributed by atoms with Gasteiger partial charge in [-0.1, -0.05) is 31.2 Å². The van der Waals surface area contributed by atoms with Crippen molar-refractivity contribution in [3.8, 4) is 0 Å². The van der Waals surface area contributed by atoms with Crippen LogP contribution in [0.25, 0.3) is 5.70 Å². The van der Waals surface area contributed by atoms with Crippen molar-refractivity contribution >= 4 is 17.2 Å². The van der Waals surface area contributed by atoms with Crippen molar-refractivity contribution in [3.05, 3.63) is 69.8 Å². The van der Waals surface area contributed by atoms with Crippen LogP contribution in [0.2, 0.25) is 0 Å². The van der Waals surface area contributed by atoms with E-state index in [2.05, 4.69) is 5.32 Å². The third kappa shape index (κ3) is 3.68. The molecule has 0 aliphatic heterocycles. The monoisotopic (exact) mass is 391 g/mol. The maximum Gasteiger partial charge on any atom is 0.199 e. The average Bonchev–Trinajstić information content (AvgIpc) is 2.66. The minimum Gasteiger partial charge on any atom is -0.352 e. The van der Waals surface area contributed by atoms with E-state index in [1.165, 1.54) is 6.92 Å². The molecule has 0 heterocycles. The Balaban J connectivity index is 2.00. The van der Waals surface area contributed by atoms with E-state index in [0.29, 0.717) is 23.2 Å². The van der Waals surface area contributed by atoms with Crippen LogP contribution in [0.4, 0.5) is 23.2 Å². The highest BCUT2D eigenvalue weighted by atomic mass is 19.2. The number of carbonyl (C=O) groups is 1. The first-order chi connectivity index (χ1) is 13.3. The van der Waals surface area contributed by atoms with Crippen LogP contribution in [0.5, 0.6) is 0 Å². The summed E-state index contributed by atoms with van der Waals surface area (Å²) in [6.07, 6.45) is 3.69. The zero-order chi connectivity index (χ0) is 20.4. The van der Waals surface area contributed by atoms with Gasteiger partial charge < -0.3 is 5.32 Å². The van der Waals surface area contributed by atoms with Crippen LogP contribution >= 0.6 is 0 Å². The molecule has 1 N–H and O–H groups in total. The van der Waals surface area contributed by atoms with Gasteiger partial charge in [-0.25, -0.2) is 17.6 Å². The van der Waals surface area contributed by atoms with Crippen LogP contribution in [0.3, 0.4) is 0 Å². The fourth-order valence-electron chi connectivity index (χ4n) is 3.18. The van der Waals surface area contributed by atoms with Crippen molar-refractivity contribution in [3.63, 3.8) is 0 Å². The molecule has 0 amide bonds. The van der Waals surface area contributed by atoms with E-state index in [9.17, 15) is 22.4 Å². The average molecular weight is 391 g/mol. The van der Waals surface area contributed by atoms with Gasteiger partial charge in [0.05, 0.1) is 5.69 Å². The fourth-order valence-corrected chi connectivity index (χ4v) is 3.18. The number of halogens is 4. The van der Waals surface area contributed by atoms with Gasteiger partial charge in [0.25, 0.3) is 0 Å². The summed E-state index contributed by atoms with van der Waals surface area (Å²) in [7, 11) is 0. The van der Waals surface area contributed by atoms with Gasteiger partial charge in [0, 0.05) is 23.2 Å². The smallest absolute Gasteiger partial charge is 0.199 e. The first kappa shape index (κ1) is 20.1. The van der Waals surface area contributed by atoms with E-state index in [-0.39, 0.29) is 11.3 Å². The Hall–Kier alpha value is -2.63. The molecule has 0 radical (unpaired) electrons. The highest BCUT2D eigenvalue weighted by Crippen LogP contribution is 2.37. The number of carbonyl (C=O) groups excluding carboxylic acids is 1. The summed E-state index contributed by atoms with van der Waals surface area (Å²) < 4.78 is 55.4. The predicted octanol–water partition coefficient (Wildman–Crippen LogP) is 6.54. The third-order valence-electron chi connectivity index (χ3n) is 5.04. The molecule has 0 saturated heterocycles. The first-order valence-corrected chi connectivity index (χ1v) is 9.30. The van der Waals surface area contributed by atoms with Gasteiger partial charge in [0.15, 0.2) is 29.1 Å². The Morgan fingerprint density at radius 1 is 0.929 bits per heavy atom. The number of hydrogen-bond donors (Lipinski definition) is 1. The summed E-state index contributed by atoms with van der Waals surface area (Å²) in [6, 6.07) is 6.81. The number of anilines is 1. The minimum absolute atomic E-state index is 0.0319. The fraction of sp³-hybridized carbons (Fsp3) is 0.318. The second-order valence-electron chi connectivity index (χ2n) is 6.96. The molecule has 0 aromatic heterocycles. The zero-order valence-corrected chi connectivity index (χ0v) is 15.8. The van der Waals surface area contributed by atoms with E-state index in [0.717, 1.165) is 31.3 Å². The lowest BCUT2D eigenvalue weighted by Crippen LogP contribution is -2.13. The Labute approximate surface area is 161 Å². The van der Waals surface area contributed by atoms with Crippen LogP contribution in [0.15, 0.2) is 29.8 Å². The molecule has 28 heavy (non-hydrogen) atoms. The van der Waals surface area contributed by atoms with Gasteiger partial charge in [-0.05, 0) is 43.7 Å². The molecule has 1 aliphatic carbocycles. The normalized spacial score (nSPS) is 13.3. The number of Topliss-reactive ketones (excluding diaryl/α,β-unsaturated/α-hetero) is 1. The van der Waals surface area contributed by atoms with Gasteiger partial charge in [-0.2, -0.15) is 0 Å². The van der Waals surface area contributed by atoms with Crippen LogP contribution in [0.1, 0.15) is 60.5 Å². The quantitative estimate of drug-likeness (QED) is 0.262. The third-order valence-corrected chi connectivity index (χ3v) is 5.04. The van der Waals surface area contributed by atoms with Gasteiger partial charge in [0.1, 0.15) is 0 Å². The summed E-state index contributed by atoms with van der Waals surface area (Å²) in [6.45, 7) is 3.12. The zero-order valence-electron chi connectivity index (χ0n) is 15.8. The molecule has 0 spiro atoms. The highest BCUT2D eigenvalue weighted by molar-refractivity contribution is 5.96. The number of nitrogens with one attached hydrogen (secondary N) is 1. The van der Waals surface area contributed by atoms with Gasteiger partial charge in [-0.15, -0.1) is 0 Å². The van der Waals surface area contributed by atoms with Crippen LogP contribution in [-0.2, 0) is 0 Å². The summed E-state index contributed by atoms with van der Waals surface area (Å²) in [5.74, 6) is -6.51. The topological polar surface area (TPSA) is 29.1 Å². The summed E-state index contributed by atoms with van der Waals surface area (Å²) in [5.41, 5.74) is 2.02. The summed E-state index contributed by atoms with van der Waals surface area (Å²) >= 11 is 0.